The highest BCUT2D eigenvalue weighted by Gasteiger charge is 2.16. The number of carbonyl (C=O) groups excluding carboxylic acids is 1. The topological polar surface area (TPSA) is 71.5 Å². The minimum absolute atomic E-state index is 0.0447. The summed E-state index contributed by atoms with van der Waals surface area (Å²) in [6, 6.07) is 10.2. The van der Waals surface area contributed by atoms with E-state index in [9.17, 15) is 9.90 Å². The van der Waals surface area contributed by atoms with Crippen LogP contribution in [0, 0.1) is 0 Å². The molecule has 5 nitrogen and oxygen atoms in total. The summed E-state index contributed by atoms with van der Waals surface area (Å²) >= 11 is 6.02. The number of nitrogens with one attached hydrogen (secondary N) is 1. The number of hydrogen-bond acceptors (Lipinski definition) is 4. The molecule has 1 aromatic heterocycles. The molecule has 0 aliphatic heterocycles. The van der Waals surface area contributed by atoms with Gasteiger partial charge in [0.2, 0.25) is 5.88 Å². The maximum Gasteiger partial charge on any atom is 0.256 e. The van der Waals surface area contributed by atoms with Gasteiger partial charge in [-0.3, -0.25) is 4.79 Å². The zero-order valence-electron chi connectivity index (χ0n) is 12.1. The Bertz CT molecular complexity index is 649. The number of pyridine rings is 1. The van der Waals surface area contributed by atoms with Gasteiger partial charge in [-0.15, -0.1) is 0 Å². The van der Waals surface area contributed by atoms with Gasteiger partial charge in [-0.25, -0.2) is 4.98 Å². The minimum atomic E-state index is -0.884. The Morgan fingerprint density at radius 3 is 2.86 bits per heavy atom. The van der Waals surface area contributed by atoms with Gasteiger partial charge in [0, 0.05) is 23.3 Å². The van der Waals surface area contributed by atoms with Gasteiger partial charge in [0.1, 0.15) is 5.56 Å². The molecule has 2 N–H and O–H groups in total. The van der Waals surface area contributed by atoms with E-state index in [1.165, 1.54) is 0 Å². The second-order valence-corrected chi connectivity index (χ2v) is 4.94. The number of benzene rings is 1. The molecule has 0 aliphatic rings. The number of hydrogen-bond donors (Lipinski definition) is 2. The van der Waals surface area contributed by atoms with E-state index in [0.29, 0.717) is 22.8 Å². The van der Waals surface area contributed by atoms with Crippen LogP contribution in [0.15, 0.2) is 42.6 Å². The van der Waals surface area contributed by atoms with Crippen LogP contribution in [0.4, 0.5) is 0 Å². The first-order valence-corrected chi connectivity index (χ1v) is 7.29. The molecule has 2 rings (SSSR count). The number of rotatable bonds is 6. The lowest BCUT2D eigenvalue weighted by Crippen LogP contribution is -2.29. The van der Waals surface area contributed by atoms with E-state index in [2.05, 4.69) is 10.3 Å². The third-order valence-corrected chi connectivity index (χ3v) is 3.36. The smallest absolute Gasteiger partial charge is 0.256 e. The number of aromatic nitrogens is 1. The molecular formula is C16H17ClN2O3. The second-order valence-electron chi connectivity index (χ2n) is 4.54. The summed E-state index contributed by atoms with van der Waals surface area (Å²) in [5.74, 6) is -0.0858. The molecule has 2 aromatic rings. The van der Waals surface area contributed by atoms with Gasteiger partial charge in [0.25, 0.3) is 5.91 Å². The first-order valence-electron chi connectivity index (χ1n) is 6.92. The van der Waals surface area contributed by atoms with Gasteiger partial charge >= 0.3 is 0 Å². The third-order valence-electron chi connectivity index (χ3n) is 3.02. The third kappa shape index (κ3) is 3.96. The van der Waals surface area contributed by atoms with E-state index >= 15 is 0 Å². The van der Waals surface area contributed by atoms with E-state index < -0.39 is 6.10 Å². The molecule has 1 amide bonds. The van der Waals surface area contributed by atoms with Crippen LogP contribution < -0.4 is 10.1 Å². The van der Waals surface area contributed by atoms with E-state index in [-0.39, 0.29) is 18.3 Å². The number of nitrogens with zero attached hydrogens (tertiary/aromatic N) is 1. The van der Waals surface area contributed by atoms with Crippen molar-refractivity contribution < 1.29 is 14.6 Å². The fourth-order valence-corrected chi connectivity index (χ4v) is 2.22. The van der Waals surface area contributed by atoms with Crippen LogP contribution in [0.25, 0.3) is 0 Å². The molecule has 0 saturated carbocycles. The van der Waals surface area contributed by atoms with Crippen LogP contribution in [0.3, 0.4) is 0 Å². The normalized spacial score (nSPS) is 11.8. The molecule has 1 heterocycles. The zero-order chi connectivity index (χ0) is 15.9. The average Bonchev–Trinajstić information content (AvgIpc) is 2.53. The largest absolute Gasteiger partial charge is 0.477 e. The van der Waals surface area contributed by atoms with Crippen LogP contribution in [0.1, 0.15) is 28.9 Å². The number of aliphatic hydroxyl groups excluding tert-OH is 1. The number of ether oxygens (including phenoxy) is 1. The van der Waals surface area contributed by atoms with E-state index in [1.54, 1.807) is 42.6 Å². The number of halogens is 1. The summed E-state index contributed by atoms with van der Waals surface area (Å²) in [6.45, 7) is 2.28. The first-order chi connectivity index (χ1) is 10.6. The van der Waals surface area contributed by atoms with Gasteiger partial charge < -0.3 is 15.2 Å². The first kappa shape index (κ1) is 16.3. The lowest BCUT2D eigenvalue weighted by atomic mass is 10.1. The molecule has 0 saturated heterocycles. The van der Waals surface area contributed by atoms with Crippen LogP contribution in [-0.4, -0.2) is 29.1 Å². The molecule has 0 fully saturated rings. The summed E-state index contributed by atoms with van der Waals surface area (Å²) < 4.78 is 5.31. The highest BCUT2D eigenvalue weighted by Crippen LogP contribution is 2.22. The molecule has 0 radical (unpaired) electrons. The Labute approximate surface area is 133 Å². The molecule has 116 valence electrons. The summed E-state index contributed by atoms with van der Waals surface area (Å²) in [5, 5.41) is 13.2. The van der Waals surface area contributed by atoms with Crippen molar-refractivity contribution in [2.24, 2.45) is 0 Å². The molecule has 0 bridgehead atoms. The highest BCUT2D eigenvalue weighted by atomic mass is 35.5. The maximum absolute atomic E-state index is 12.2. The fraction of sp³-hybridized carbons (Fsp3) is 0.250. The highest BCUT2D eigenvalue weighted by molar-refractivity contribution is 6.31. The maximum atomic E-state index is 12.2. The van der Waals surface area contributed by atoms with Crippen molar-refractivity contribution in [3.63, 3.8) is 0 Å². The van der Waals surface area contributed by atoms with Crippen LogP contribution in [0.2, 0.25) is 5.02 Å². The molecule has 1 unspecified atom stereocenters. The summed E-state index contributed by atoms with van der Waals surface area (Å²) in [7, 11) is 0. The standard InChI is InChI=1S/C16H17ClN2O3/c1-2-22-16-12(7-5-9-18-16)15(21)19-10-14(20)11-6-3-4-8-13(11)17/h3-9,14,20H,2,10H2,1H3,(H,19,21). The lowest BCUT2D eigenvalue weighted by Gasteiger charge is -2.14. The van der Waals surface area contributed by atoms with Gasteiger partial charge in [-0.05, 0) is 25.1 Å². The molecule has 0 aliphatic carbocycles. The summed E-state index contributed by atoms with van der Waals surface area (Å²) in [6.07, 6.45) is 0.672. The fourth-order valence-electron chi connectivity index (χ4n) is 1.96. The summed E-state index contributed by atoms with van der Waals surface area (Å²) in [5.41, 5.74) is 0.899. The van der Waals surface area contributed by atoms with E-state index in [4.69, 9.17) is 16.3 Å². The second kappa shape index (κ2) is 7.77. The van der Waals surface area contributed by atoms with Gasteiger partial charge in [-0.1, -0.05) is 29.8 Å². The molecule has 6 heteroatoms. The van der Waals surface area contributed by atoms with Crippen molar-refractivity contribution in [2.75, 3.05) is 13.2 Å². The van der Waals surface area contributed by atoms with E-state index in [0.717, 1.165) is 0 Å². The molecule has 0 spiro atoms. The molecule has 22 heavy (non-hydrogen) atoms. The minimum Gasteiger partial charge on any atom is -0.477 e. The Hall–Kier alpha value is -2.11. The molecule has 1 atom stereocenters. The van der Waals surface area contributed by atoms with E-state index in [1.807, 2.05) is 6.92 Å². The van der Waals surface area contributed by atoms with Crippen molar-refractivity contribution in [3.8, 4) is 5.88 Å². The Kier molecular flexibility index (Phi) is 5.75. The van der Waals surface area contributed by atoms with Crippen molar-refractivity contribution >= 4 is 17.5 Å². The van der Waals surface area contributed by atoms with Gasteiger partial charge in [0.15, 0.2) is 0 Å². The van der Waals surface area contributed by atoms with Crippen LogP contribution in [-0.2, 0) is 0 Å². The lowest BCUT2D eigenvalue weighted by molar-refractivity contribution is 0.0911. The van der Waals surface area contributed by atoms with Gasteiger partial charge in [0.05, 0.1) is 12.7 Å². The SMILES string of the molecule is CCOc1ncccc1C(=O)NCC(O)c1ccccc1Cl. The van der Waals surface area contributed by atoms with Crippen molar-refractivity contribution in [1.29, 1.82) is 0 Å². The van der Waals surface area contributed by atoms with Crippen molar-refractivity contribution in [2.45, 2.75) is 13.0 Å². The summed E-state index contributed by atoms with van der Waals surface area (Å²) in [4.78, 5) is 16.2. The number of amides is 1. The van der Waals surface area contributed by atoms with Crippen LogP contribution >= 0.6 is 11.6 Å². The molecule has 1 aromatic carbocycles. The Morgan fingerprint density at radius 2 is 2.14 bits per heavy atom. The monoisotopic (exact) mass is 320 g/mol. The van der Waals surface area contributed by atoms with Crippen molar-refractivity contribution in [3.05, 3.63) is 58.7 Å². The quantitative estimate of drug-likeness (QED) is 0.858. The molecular weight excluding hydrogens is 304 g/mol. The predicted octanol–water partition coefficient (Wildman–Crippen LogP) is 2.60. The average molecular weight is 321 g/mol. The number of carbonyl (C=O) groups is 1. The predicted molar refractivity (Wildman–Crippen MR) is 84.2 cm³/mol. The number of aliphatic hydroxyl groups is 1. The Balaban J connectivity index is 2.03. The van der Waals surface area contributed by atoms with Crippen LogP contribution in [0.5, 0.6) is 5.88 Å². The van der Waals surface area contributed by atoms with Gasteiger partial charge in [-0.2, -0.15) is 0 Å². The zero-order valence-corrected chi connectivity index (χ0v) is 12.9. The Morgan fingerprint density at radius 1 is 1.36 bits per heavy atom. The van der Waals surface area contributed by atoms with Crippen molar-refractivity contribution in [1.82, 2.24) is 10.3 Å².